The van der Waals surface area contributed by atoms with Crippen LogP contribution in [0.1, 0.15) is 23.0 Å². The molecule has 7 nitrogen and oxygen atoms in total. The van der Waals surface area contributed by atoms with Crippen LogP contribution in [-0.2, 0) is 0 Å². The number of benzene rings is 3. The number of hydrogen-bond donors (Lipinski definition) is 3. The Balaban J connectivity index is 1.54. The molecule has 0 saturated carbocycles. The Morgan fingerprint density at radius 3 is 2.73 bits per heavy atom. The molecule has 0 fully saturated rings. The van der Waals surface area contributed by atoms with Crippen molar-refractivity contribution in [1.82, 2.24) is 15.6 Å². The molecule has 1 aromatic heterocycles. The van der Waals surface area contributed by atoms with Crippen molar-refractivity contribution in [3.63, 3.8) is 0 Å². The number of nitrogens with one attached hydrogen (secondary N) is 2. The average molecular weight is 400 g/mol. The zero-order valence-corrected chi connectivity index (χ0v) is 16.5. The molecular formula is C23H20N4O3. The molecule has 0 spiro atoms. The van der Waals surface area contributed by atoms with Gasteiger partial charge in [0.05, 0.1) is 18.5 Å². The van der Waals surface area contributed by atoms with Crippen molar-refractivity contribution in [2.24, 2.45) is 5.10 Å². The van der Waals surface area contributed by atoms with Gasteiger partial charge in [0.25, 0.3) is 5.91 Å². The maximum atomic E-state index is 12.5. The van der Waals surface area contributed by atoms with Crippen LogP contribution in [0.5, 0.6) is 11.5 Å². The lowest BCUT2D eigenvalue weighted by Crippen LogP contribution is -2.19. The minimum Gasteiger partial charge on any atom is -0.504 e. The minimum absolute atomic E-state index is 0.0384. The van der Waals surface area contributed by atoms with Crippen molar-refractivity contribution in [3.05, 3.63) is 78.0 Å². The predicted molar refractivity (Wildman–Crippen MR) is 116 cm³/mol. The molecule has 0 bridgehead atoms. The van der Waals surface area contributed by atoms with Crippen LogP contribution in [0, 0.1) is 0 Å². The van der Waals surface area contributed by atoms with Gasteiger partial charge < -0.3 is 9.84 Å². The summed E-state index contributed by atoms with van der Waals surface area (Å²) in [6, 6.07) is 20.6. The molecule has 3 N–H and O–H groups in total. The Bertz CT molecular complexity index is 1260. The summed E-state index contributed by atoms with van der Waals surface area (Å²) in [5.74, 6) is -0.0303. The van der Waals surface area contributed by atoms with Gasteiger partial charge in [0, 0.05) is 11.1 Å². The second kappa shape index (κ2) is 8.08. The Morgan fingerprint density at radius 2 is 1.90 bits per heavy atom. The molecule has 0 saturated heterocycles. The molecule has 0 radical (unpaired) electrons. The van der Waals surface area contributed by atoms with Gasteiger partial charge in [0.2, 0.25) is 0 Å². The molecule has 3 aromatic carbocycles. The third-order valence-corrected chi connectivity index (χ3v) is 4.81. The van der Waals surface area contributed by atoms with Gasteiger partial charge in [0.15, 0.2) is 11.5 Å². The van der Waals surface area contributed by atoms with Crippen molar-refractivity contribution in [1.29, 1.82) is 0 Å². The monoisotopic (exact) mass is 400 g/mol. The van der Waals surface area contributed by atoms with Gasteiger partial charge in [-0.1, -0.05) is 42.5 Å². The second-order valence-corrected chi connectivity index (χ2v) is 6.72. The maximum Gasteiger partial charge on any atom is 0.289 e. The van der Waals surface area contributed by atoms with Gasteiger partial charge in [-0.05, 0) is 42.0 Å². The number of aromatic nitrogens is 2. The molecule has 30 heavy (non-hydrogen) atoms. The first-order valence-corrected chi connectivity index (χ1v) is 9.32. The number of ether oxygens (including phenoxy) is 1. The number of hydrogen-bond acceptors (Lipinski definition) is 5. The molecule has 1 heterocycles. The van der Waals surface area contributed by atoms with E-state index >= 15 is 0 Å². The van der Waals surface area contributed by atoms with Gasteiger partial charge >= 0.3 is 0 Å². The van der Waals surface area contributed by atoms with E-state index in [1.807, 2.05) is 42.5 Å². The number of H-pyrrole nitrogens is 1. The van der Waals surface area contributed by atoms with Crippen molar-refractivity contribution in [2.45, 2.75) is 6.92 Å². The topological polar surface area (TPSA) is 99.6 Å². The van der Waals surface area contributed by atoms with E-state index < -0.39 is 5.91 Å². The fourth-order valence-corrected chi connectivity index (χ4v) is 3.19. The fourth-order valence-electron chi connectivity index (χ4n) is 3.19. The van der Waals surface area contributed by atoms with E-state index in [-0.39, 0.29) is 5.75 Å². The van der Waals surface area contributed by atoms with Crippen LogP contribution >= 0.6 is 0 Å². The second-order valence-electron chi connectivity index (χ2n) is 6.72. The summed E-state index contributed by atoms with van der Waals surface area (Å²) in [6.45, 7) is 1.75. The maximum absolute atomic E-state index is 12.5. The van der Waals surface area contributed by atoms with Crippen molar-refractivity contribution < 1.29 is 14.6 Å². The Kier molecular flexibility index (Phi) is 5.17. The standard InChI is InChI=1S/C23H20N4O3/c1-14(16-10-11-21(28)22(12-16)30-2)24-27-23(29)20-13-19(25-26-20)18-9-5-7-15-6-3-4-8-17(15)18/h3-13,28H,1-2H3,(H,25,26)(H,27,29). The van der Waals surface area contributed by atoms with E-state index in [0.29, 0.717) is 28.4 Å². The summed E-state index contributed by atoms with van der Waals surface area (Å²) in [4.78, 5) is 12.5. The van der Waals surface area contributed by atoms with E-state index in [9.17, 15) is 9.90 Å². The van der Waals surface area contributed by atoms with Crippen LogP contribution in [0.4, 0.5) is 0 Å². The molecule has 4 aromatic rings. The molecule has 0 aliphatic rings. The summed E-state index contributed by atoms with van der Waals surface area (Å²) in [7, 11) is 1.47. The summed E-state index contributed by atoms with van der Waals surface area (Å²) in [5.41, 5.74) is 5.73. The number of carbonyl (C=O) groups is 1. The van der Waals surface area contributed by atoms with Gasteiger partial charge in [-0.3, -0.25) is 9.89 Å². The molecule has 0 unspecified atom stereocenters. The van der Waals surface area contributed by atoms with Crippen molar-refractivity contribution >= 4 is 22.4 Å². The first-order valence-electron chi connectivity index (χ1n) is 9.32. The third-order valence-electron chi connectivity index (χ3n) is 4.81. The highest BCUT2D eigenvalue weighted by Crippen LogP contribution is 2.28. The van der Waals surface area contributed by atoms with Crippen LogP contribution in [0.25, 0.3) is 22.0 Å². The number of phenols is 1. The normalized spacial score (nSPS) is 11.5. The van der Waals surface area contributed by atoms with Gasteiger partial charge in [-0.15, -0.1) is 0 Å². The van der Waals surface area contributed by atoms with Crippen molar-refractivity contribution in [3.8, 4) is 22.8 Å². The Morgan fingerprint density at radius 1 is 1.10 bits per heavy atom. The van der Waals surface area contributed by atoms with E-state index in [0.717, 1.165) is 16.3 Å². The molecule has 150 valence electrons. The molecule has 7 heteroatoms. The number of nitrogens with zero attached hydrogens (tertiary/aromatic N) is 2. The Hall–Kier alpha value is -4.13. The zero-order valence-electron chi connectivity index (χ0n) is 16.5. The number of rotatable bonds is 5. The van der Waals surface area contributed by atoms with Gasteiger partial charge in [-0.25, -0.2) is 5.43 Å². The molecule has 4 rings (SSSR count). The number of aromatic amines is 1. The number of carbonyl (C=O) groups excluding carboxylic acids is 1. The summed E-state index contributed by atoms with van der Waals surface area (Å²) in [6.07, 6.45) is 0. The van der Waals surface area contributed by atoms with Gasteiger partial charge in [-0.2, -0.15) is 10.2 Å². The van der Waals surface area contributed by atoms with Gasteiger partial charge in [0.1, 0.15) is 5.69 Å². The quantitative estimate of drug-likeness (QED) is 0.347. The number of phenolic OH excluding ortho intramolecular Hbond substituents is 1. The number of methoxy groups -OCH3 is 1. The van der Waals surface area contributed by atoms with E-state index in [1.165, 1.54) is 13.2 Å². The molecule has 0 aliphatic heterocycles. The number of hydrazone groups is 1. The zero-order chi connectivity index (χ0) is 21.1. The molecular weight excluding hydrogens is 380 g/mol. The predicted octanol–water partition coefficient (Wildman–Crippen LogP) is 4.10. The summed E-state index contributed by atoms with van der Waals surface area (Å²) < 4.78 is 5.10. The average Bonchev–Trinajstić information content (AvgIpc) is 3.27. The van der Waals surface area contributed by atoms with E-state index in [1.54, 1.807) is 25.1 Å². The fraction of sp³-hybridized carbons (Fsp3) is 0.0870. The molecule has 1 amide bonds. The molecule has 0 atom stereocenters. The lowest BCUT2D eigenvalue weighted by molar-refractivity contribution is 0.0950. The largest absolute Gasteiger partial charge is 0.504 e. The number of aromatic hydroxyl groups is 1. The highest BCUT2D eigenvalue weighted by atomic mass is 16.5. The van der Waals surface area contributed by atoms with Crippen LogP contribution in [0.2, 0.25) is 0 Å². The smallest absolute Gasteiger partial charge is 0.289 e. The van der Waals surface area contributed by atoms with Crippen LogP contribution in [-0.4, -0.2) is 34.0 Å². The Labute approximate surface area is 173 Å². The van der Waals surface area contributed by atoms with E-state index in [2.05, 4.69) is 20.7 Å². The lowest BCUT2D eigenvalue weighted by atomic mass is 10.0. The first-order chi connectivity index (χ1) is 14.6. The lowest BCUT2D eigenvalue weighted by Gasteiger charge is -2.06. The van der Waals surface area contributed by atoms with Crippen LogP contribution in [0.3, 0.4) is 0 Å². The highest BCUT2D eigenvalue weighted by molar-refractivity contribution is 6.01. The SMILES string of the molecule is COc1cc(C(C)=NNC(=O)c2cc(-c3cccc4ccccc34)n[nH]2)ccc1O. The minimum atomic E-state index is -0.404. The van der Waals surface area contributed by atoms with E-state index in [4.69, 9.17) is 4.74 Å². The number of fused-ring (bicyclic) bond motifs is 1. The summed E-state index contributed by atoms with van der Waals surface area (Å²) in [5, 5.41) is 23.1. The van der Waals surface area contributed by atoms with Crippen LogP contribution in [0.15, 0.2) is 71.8 Å². The van der Waals surface area contributed by atoms with Crippen LogP contribution < -0.4 is 10.2 Å². The number of amides is 1. The first kappa shape index (κ1) is 19.2. The highest BCUT2D eigenvalue weighted by Gasteiger charge is 2.13. The van der Waals surface area contributed by atoms with Crippen molar-refractivity contribution in [2.75, 3.05) is 7.11 Å². The third kappa shape index (κ3) is 3.73. The molecule has 0 aliphatic carbocycles. The summed E-state index contributed by atoms with van der Waals surface area (Å²) >= 11 is 0.